The lowest BCUT2D eigenvalue weighted by Gasteiger charge is -2.09. The van der Waals surface area contributed by atoms with E-state index in [1.165, 1.54) is 5.56 Å². The number of nitrogens with zero attached hydrogens (tertiary/aromatic N) is 2. The Kier molecular flexibility index (Phi) is 6.28. The van der Waals surface area contributed by atoms with Gasteiger partial charge in [0.25, 0.3) is 0 Å². The lowest BCUT2D eigenvalue weighted by Crippen LogP contribution is -2.10. The number of hydrogen-bond acceptors (Lipinski definition) is 3. The van der Waals surface area contributed by atoms with Crippen LogP contribution in [0.25, 0.3) is 0 Å². The fraction of sp³-hybridized carbons (Fsp3) is 0.471. The molecule has 114 valence electrons. The number of aromatic nitrogens is 2. The zero-order chi connectivity index (χ0) is 14.9. The lowest BCUT2D eigenvalue weighted by molar-refractivity contribution is 0.197. The van der Waals surface area contributed by atoms with Gasteiger partial charge in [-0.25, -0.2) is 4.98 Å². The van der Waals surface area contributed by atoms with E-state index in [0.29, 0.717) is 0 Å². The molecule has 0 bridgehead atoms. The Balaban J connectivity index is 1.82. The predicted octanol–water partition coefficient (Wildman–Crippen LogP) is 3.27. The van der Waals surface area contributed by atoms with Crippen LogP contribution >= 0.6 is 0 Å². The molecule has 2 rings (SSSR count). The van der Waals surface area contributed by atoms with Gasteiger partial charge in [-0.2, -0.15) is 0 Å². The van der Waals surface area contributed by atoms with Gasteiger partial charge in [0, 0.05) is 33.0 Å². The molecule has 0 spiro atoms. The van der Waals surface area contributed by atoms with Crippen LogP contribution in [0.1, 0.15) is 24.1 Å². The van der Waals surface area contributed by atoms with Crippen LogP contribution in [0.2, 0.25) is 0 Å². The van der Waals surface area contributed by atoms with Crippen molar-refractivity contribution in [1.29, 1.82) is 0 Å². The first-order valence-corrected chi connectivity index (χ1v) is 7.60. The minimum absolute atomic E-state index is 0.778. The maximum absolute atomic E-state index is 5.06. The summed E-state index contributed by atoms with van der Waals surface area (Å²) in [6.45, 7) is 4.69. The van der Waals surface area contributed by atoms with Crippen LogP contribution in [0.15, 0.2) is 36.5 Å². The first-order valence-electron chi connectivity index (χ1n) is 7.60. The molecular formula is C17H25N3O. The molecule has 0 aliphatic heterocycles. The second-order valence-corrected chi connectivity index (χ2v) is 5.26. The fourth-order valence-corrected chi connectivity index (χ4v) is 2.37. The van der Waals surface area contributed by atoms with E-state index < -0.39 is 0 Å². The van der Waals surface area contributed by atoms with Gasteiger partial charge in [-0.05, 0) is 31.7 Å². The summed E-state index contributed by atoms with van der Waals surface area (Å²) < 4.78 is 7.28. The Labute approximate surface area is 127 Å². The van der Waals surface area contributed by atoms with E-state index in [-0.39, 0.29) is 0 Å². The van der Waals surface area contributed by atoms with Crippen molar-refractivity contribution in [2.75, 3.05) is 25.6 Å². The van der Waals surface area contributed by atoms with Gasteiger partial charge < -0.3 is 14.6 Å². The van der Waals surface area contributed by atoms with Crippen molar-refractivity contribution in [3.8, 4) is 0 Å². The fourth-order valence-electron chi connectivity index (χ4n) is 2.37. The second kappa shape index (κ2) is 8.47. The molecule has 0 saturated carbocycles. The maximum Gasteiger partial charge on any atom is 0.203 e. The maximum atomic E-state index is 5.06. The monoisotopic (exact) mass is 287 g/mol. The Bertz CT molecular complexity index is 522. The lowest BCUT2D eigenvalue weighted by atomic mass is 10.1. The number of methoxy groups -OCH3 is 1. The molecule has 1 aromatic carbocycles. The summed E-state index contributed by atoms with van der Waals surface area (Å²) in [6.07, 6.45) is 5.32. The van der Waals surface area contributed by atoms with E-state index in [1.807, 2.05) is 6.92 Å². The van der Waals surface area contributed by atoms with Gasteiger partial charge in [-0.3, -0.25) is 0 Å². The first kappa shape index (κ1) is 15.6. The molecule has 1 aromatic heterocycles. The summed E-state index contributed by atoms with van der Waals surface area (Å²) in [6, 6.07) is 10.6. The van der Waals surface area contributed by atoms with Crippen LogP contribution in [0.3, 0.4) is 0 Å². The number of hydrogen-bond donors (Lipinski definition) is 1. The largest absolute Gasteiger partial charge is 0.385 e. The van der Waals surface area contributed by atoms with E-state index in [2.05, 4.69) is 51.4 Å². The minimum atomic E-state index is 0.778. The second-order valence-electron chi connectivity index (χ2n) is 5.26. The SMILES string of the molecule is COCCCNc1nc(C)cn1CCCc1ccccc1. The summed E-state index contributed by atoms with van der Waals surface area (Å²) in [5.41, 5.74) is 2.45. The highest BCUT2D eigenvalue weighted by molar-refractivity contribution is 5.28. The zero-order valence-corrected chi connectivity index (χ0v) is 13.0. The minimum Gasteiger partial charge on any atom is -0.385 e. The molecule has 0 unspecified atom stereocenters. The van der Waals surface area contributed by atoms with Crippen molar-refractivity contribution in [3.05, 3.63) is 47.8 Å². The van der Waals surface area contributed by atoms with Gasteiger partial charge in [-0.15, -0.1) is 0 Å². The van der Waals surface area contributed by atoms with E-state index in [4.69, 9.17) is 4.74 Å². The average molecular weight is 287 g/mol. The molecule has 0 aliphatic carbocycles. The number of imidazole rings is 1. The number of anilines is 1. The van der Waals surface area contributed by atoms with Gasteiger partial charge in [0.1, 0.15) is 0 Å². The highest BCUT2D eigenvalue weighted by Crippen LogP contribution is 2.11. The Morgan fingerprint density at radius 3 is 2.76 bits per heavy atom. The van der Waals surface area contributed by atoms with Crippen LogP contribution in [0.4, 0.5) is 5.95 Å². The molecule has 4 heteroatoms. The third-order valence-corrected chi connectivity index (χ3v) is 3.41. The van der Waals surface area contributed by atoms with Crippen molar-refractivity contribution in [2.45, 2.75) is 32.7 Å². The van der Waals surface area contributed by atoms with Crippen molar-refractivity contribution in [2.24, 2.45) is 0 Å². The van der Waals surface area contributed by atoms with Gasteiger partial charge in [-0.1, -0.05) is 30.3 Å². The molecule has 0 amide bonds. The van der Waals surface area contributed by atoms with Gasteiger partial charge in [0.15, 0.2) is 0 Å². The molecule has 0 saturated heterocycles. The molecule has 0 aliphatic rings. The summed E-state index contributed by atoms with van der Waals surface area (Å²) in [4.78, 5) is 4.54. The quantitative estimate of drug-likeness (QED) is 0.719. The molecule has 0 radical (unpaired) electrons. The van der Waals surface area contributed by atoms with Crippen molar-refractivity contribution in [1.82, 2.24) is 9.55 Å². The average Bonchev–Trinajstić information content (AvgIpc) is 2.85. The third kappa shape index (κ3) is 5.23. The normalized spacial score (nSPS) is 10.8. The number of nitrogens with one attached hydrogen (secondary N) is 1. The topological polar surface area (TPSA) is 39.1 Å². The molecule has 21 heavy (non-hydrogen) atoms. The highest BCUT2D eigenvalue weighted by atomic mass is 16.5. The van der Waals surface area contributed by atoms with E-state index in [9.17, 15) is 0 Å². The van der Waals surface area contributed by atoms with Crippen LogP contribution in [0, 0.1) is 6.92 Å². The number of rotatable bonds is 9. The van der Waals surface area contributed by atoms with Crippen LogP contribution in [-0.2, 0) is 17.7 Å². The summed E-state index contributed by atoms with van der Waals surface area (Å²) in [5, 5.41) is 3.39. The molecule has 4 nitrogen and oxygen atoms in total. The highest BCUT2D eigenvalue weighted by Gasteiger charge is 2.04. The van der Waals surface area contributed by atoms with Crippen LogP contribution in [-0.4, -0.2) is 29.8 Å². The van der Waals surface area contributed by atoms with Crippen molar-refractivity contribution < 1.29 is 4.74 Å². The molecule has 0 atom stereocenters. The Morgan fingerprint density at radius 1 is 1.19 bits per heavy atom. The molecule has 0 fully saturated rings. The van der Waals surface area contributed by atoms with Gasteiger partial charge >= 0.3 is 0 Å². The summed E-state index contributed by atoms with van der Waals surface area (Å²) in [7, 11) is 1.73. The Hall–Kier alpha value is -1.81. The predicted molar refractivity (Wildman–Crippen MR) is 86.7 cm³/mol. The van der Waals surface area contributed by atoms with Gasteiger partial charge in [0.2, 0.25) is 5.95 Å². The van der Waals surface area contributed by atoms with Crippen LogP contribution in [0.5, 0.6) is 0 Å². The van der Waals surface area contributed by atoms with Crippen molar-refractivity contribution in [3.63, 3.8) is 0 Å². The number of aryl methyl sites for hydroxylation is 3. The molecule has 1 N–H and O–H groups in total. The summed E-state index contributed by atoms with van der Waals surface area (Å²) >= 11 is 0. The standard InChI is InChI=1S/C17H25N3O/c1-15-14-20(17(19-15)18-11-7-13-21-2)12-6-10-16-8-4-3-5-9-16/h3-5,8-9,14H,6-7,10-13H2,1-2H3,(H,18,19). The first-order chi connectivity index (χ1) is 10.3. The Morgan fingerprint density at radius 2 is 2.00 bits per heavy atom. The molecular weight excluding hydrogens is 262 g/mol. The van der Waals surface area contributed by atoms with E-state index >= 15 is 0 Å². The smallest absolute Gasteiger partial charge is 0.203 e. The van der Waals surface area contributed by atoms with Crippen LogP contribution < -0.4 is 5.32 Å². The van der Waals surface area contributed by atoms with Gasteiger partial charge in [0.05, 0.1) is 5.69 Å². The summed E-state index contributed by atoms with van der Waals surface area (Å²) in [5.74, 6) is 0.969. The third-order valence-electron chi connectivity index (χ3n) is 3.41. The van der Waals surface area contributed by atoms with E-state index in [0.717, 1.165) is 50.6 Å². The molecule has 2 aromatic rings. The number of ether oxygens (including phenoxy) is 1. The number of benzene rings is 1. The zero-order valence-electron chi connectivity index (χ0n) is 13.0. The molecule has 1 heterocycles. The van der Waals surface area contributed by atoms with E-state index in [1.54, 1.807) is 7.11 Å². The van der Waals surface area contributed by atoms with Crippen molar-refractivity contribution >= 4 is 5.95 Å².